The van der Waals surface area contributed by atoms with Crippen molar-refractivity contribution >= 4 is 186 Å². The average molecular weight is 1710 g/mol. The zero-order valence-electron chi connectivity index (χ0n) is 31.7. The molecule has 0 aliphatic rings. The van der Waals surface area contributed by atoms with E-state index in [0.29, 0.717) is 89.4 Å². The van der Waals surface area contributed by atoms with Crippen molar-refractivity contribution in [1.82, 2.24) is 9.97 Å². The number of ether oxygens (including phenoxy) is 3. The van der Waals surface area contributed by atoms with E-state index >= 15 is 0 Å². The number of carbonyl (C=O) groups is 2. The Bertz CT molecular complexity index is 2570. The zero-order chi connectivity index (χ0) is 45.6. The van der Waals surface area contributed by atoms with Gasteiger partial charge in [0.25, 0.3) is 0 Å². The van der Waals surface area contributed by atoms with Crippen LogP contribution in [0.25, 0.3) is 0 Å². The largest absolute Gasteiger partial charge is 0.507 e. The molecule has 0 saturated carbocycles. The summed E-state index contributed by atoms with van der Waals surface area (Å²) in [5, 5.41) is 27.6. The topological polar surface area (TPSA) is 155 Å². The molecular formula is C42H28Br2Cl3I6N4O6-. The van der Waals surface area contributed by atoms with Gasteiger partial charge in [-0.1, -0.05) is 47.5 Å². The molecule has 0 aliphatic heterocycles. The van der Waals surface area contributed by atoms with Gasteiger partial charge in [-0.2, -0.15) is 10.5 Å². The second-order valence-electron chi connectivity index (χ2n) is 11.8. The summed E-state index contributed by atoms with van der Waals surface area (Å²) in [7, 11) is 0. The van der Waals surface area contributed by atoms with Crippen LogP contribution in [0.5, 0.6) is 23.0 Å². The van der Waals surface area contributed by atoms with Crippen LogP contribution in [0.15, 0.2) is 107 Å². The van der Waals surface area contributed by atoms with Crippen molar-refractivity contribution in [3.05, 3.63) is 168 Å². The fraction of sp³-hybridized carbons (Fsp3) is 0.0952. The molecule has 2 aromatic heterocycles. The first-order valence-corrected chi connectivity index (χ1v) is 34.5. The fourth-order valence-electron chi connectivity index (χ4n) is 4.68. The average Bonchev–Trinajstić information content (AvgIpc) is 3.28. The maximum absolute atomic E-state index is 11.4. The van der Waals surface area contributed by atoms with Crippen LogP contribution >= 0.6 is 173 Å². The van der Waals surface area contributed by atoms with Gasteiger partial charge in [-0.05, 0) is 119 Å². The summed E-state index contributed by atoms with van der Waals surface area (Å²) in [5.41, 5.74) is 4.95. The van der Waals surface area contributed by atoms with E-state index in [1.165, 1.54) is 30.6 Å². The number of halogens is 11. The number of nitriles is 2. The molecule has 1 N–H and O–H groups in total. The van der Waals surface area contributed by atoms with Gasteiger partial charge in [0.15, 0.2) is 12.6 Å². The molecule has 0 atom stereocenters. The van der Waals surface area contributed by atoms with Gasteiger partial charge in [-0.15, -0.1) is 35.6 Å². The Morgan fingerprint density at radius 2 is 1.13 bits per heavy atom. The van der Waals surface area contributed by atoms with Crippen molar-refractivity contribution in [2.24, 2.45) is 0 Å². The Kier molecular flexibility index (Phi) is 29.3. The van der Waals surface area contributed by atoms with E-state index in [9.17, 15) is 14.7 Å². The van der Waals surface area contributed by atoms with Crippen LogP contribution in [0.4, 0.5) is 0 Å². The maximum atomic E-state index is 11.4. The third-order valence-corrected chi connectivity index (χ3v) is 13.7. The summed E-state index contributed by atoms with van der Waals surface area (Å²) in [5.74, 6) is 1.33. The molecule has 0 fully saturated rings. The van der Waals surface area contributed by atoms with E-state index in [1.54, 1.807) is 30.6 Å². The maximum Gasteiger partial charge on any atom is 0.153 e. The van der Waals surface area contributed by atoms with Crippen LogP contribution in [-0.4, -0.2) is 27.6 Å². The van der Waals surface area contributed by atoms with E-state index in [1.807, 2.05) is 48.5 Å². The quantitative estimate of drug-likeness (QED) is 0.0711. The molecule has 21 heteroatoms. The monoisotopic (exact) mass is 1710 g/mol. The van der Waals surface area contributed by atoms with Crippen molar-refractivity contribution in [3.63, 3.8) is 0 Å². The van der Waals surface area contributed by atoms with E-state index in [2.05, 4.69) is 124 Å². The molecule has 0 radical (unpaired) electrons. The summed E-state index contributed by atoms with van der Waals surface area (Å²) in [6.45, 7) is 0.745. The number of pyridine rings is 2. The van der Waals surface area contributed by atoms with Gasteiger partial charge < -0.3 is 19.3 Å². The molecular weight excluding hydrogens is 1680 g/mol. The molecule has 0 unspecified atom stereocenters. The third-order valence-electron chi connectivity index (χ3n) is 7.63. The van der Waals surface area contributed by atoms with E-state index < -0.39 is 0 Å². The molecule has 2 heterocycles. The summed E-state index contributed by atoms with van der Waals surface area (Å²) < 4.78 is 21.3. The Balaban J connectivity index is 0.000000346. The third kappa shape index (κ3) is 19.6. The number of phenolic OH excluding ortho intramolecular Hbond substituents is 1. The molecule has 6 aromatic rings. The predicted octanol–water partition coefficient (Wildman–Crippen LogP) is 11.8. The summed E-state index contributed by atoms with van der Waals surface area (Å²) in [6, 6.07) is 24.9. The van der Waals surface area contributed by atoms with Crippen LogP contribution in [0.1, 0.15) is 54.1 Å². The van der Waals surface area contributed by atoms with E-state index in [0.717, 1.165) is 32.8 Å². The predicted molar refractivity (Wildman–Crippen MR) is 293 cm³/mol. The second kappa shape index (κ2) is 31.8. The Morgan fingerprint density at radius 1 is 0.683 bits per heavy atom. The van der Waals surface area contributed by atoms with Crippen molar-refractivity contribution in [2.45, 2.75) is 25.7 Å². The van der Waals surface area contributed by atoms with Crippen LogP contribution in [0.3, 0.4) is 0 Å². The Labute approximate surface area is 470 Å². The first-order chi connectivity index (χ1) is 29.8. The number of rotatable bonds is 12. The van der Waals surface area contributed by atoms with Crippen LogP contribution < -0.4 is 27.5 Å². The van der Waals surface area contributed by atoms with Gasteiger partial charge in [0, 0.05) is 75.6 Å². The van der Waals surface area contributed by atoms with Gasteiger partial charge in [-0.25, -0.2) is 0 Å². The van der Waals surface area contributed by atoms with Crippen LogP contribution in [0.2, 0.25) is 10.0 Å². The summed E-state index contributed by atoms with van der Waals surface area (Å²) >= 11 is 34.6. The van der Waals surface area contributed by atoms with E-state index in [4.69, 9.17) is 59.5 Å². The summed E-state index contributed by atoms with van der Waals surface area (Å²) in [4.78, 5) is 29.9. The minimum Gasteiger partial charge on any atom is -0.507 e. The smallest absolute Gasteiger partial charge is 0.153 e. The molecule has 0 bridgehead atoms. The Hall–Kier alpha value is -1.09. The van der Waals surface area contributed by atoms with Gasteiger partial charge in [0.05, 0.1) is 32.3 Å². The van der Waals surface area contributed by atoms with Gasteiger partial charge in [-0.3, -0.25) is 19.6 Å². The molecule has 0 amide bonds. The molecule has 0 aliphatic carbocycles. The minimum absolute atomic E-state index is 0. The van der Waals surface area contributed by atoms with Crippen molar-refractivity contribution in [1.29, 1.82) is 10.5 Å². The number of hydrogen-bond donors (Lipinski definition) is 1. The minimum atomic E-state index is -0.152. The standard InChI is InChI=1S/C21H13BrClIN2O3.C14H9BrClIO3.C7H5ClN2.I3.HI/c22-21-15(2-1-3-18(21)24)12-29-20-6-19(16(10-27)5-17(20)23)28-11-14-4-13(7-25)8-26-9-14;15-14-8(2-1-3-11(14)17)7-20-13-5-12(19)9(6-18)4-10(13)16;8-2-6-1-7(3-9)5-10-4-6;1-3-2;/h1-6,8-10H,11-12H2;1-6,19H,7H2;1,4-5H,2H2;;1H/q;;;-1;. The van der Waals surface area contributed by atoms with Crippen LogP contribution in [-0.2, 0) is 25.7 Å². The molecule has 63 heavy (non-hydrogen) atoms. The van der Waals surface area contributed by atoms with Gasteiger partial charge in [0.2, 0.25) is 0 Å². The van der Waals surface area contributed by atoms with Crippen molar-refractivity contribution in [2.75, 3.05) is 0 Å². The van der Waals surface area contributed by atoms with Crippen molar-refractivity contribution < 1.29 is 42.2 Å². The first-order valence-electron chi connectivity index (χ1n) is 16.9. The number of alkyl halides is 1. The summed E-state index contributed by atoms with van der Waals surface area (Å²) in [6.07, 6.45) is 7.44. The SMILES string of the molecule is I.I[I-]I.N#Cc1cncc(CCl)c1.N#Cc1cncc(COc2cc(OCc3cccc(I)c3Br)c(Cl)cc2C=O)c1.O=Cc1cc(Cl)c(OCc2cccc(I)c2Br)cc1O. The second-order valence-corrected chi connectivity index (χ2v) is 33.0. The zero-order valence-corrected chi connectivity index (χ0v) is 50.2. The number of phenols is 1. The number of carbonyl (C=O) groups excluding carboxylic acids is 2. The first kappa shape index (κ1) is 58.0. The number of aldehydes is 2. The van der Waals surface area contributed by atoms with E-state index in [-0.39, 0.29) is 46.9 Å². The molecule has 0 saturated heterocycles. The number of benzene rings is 4. The molecule has 330 valence electrons. The molecule has 10 nitrogen and oxygen atoms in total. The number of aromatic hydroxyl groups is 1. The number of nitrogens with zero attached hydrogens (tertiary/aromatic N) is 4. The van der Waals surface area contributed by atoms with Crippen molar-refractivity contribution in [3.8, 4) is 35.1 Å². The Morgan fingerprint density at radius 3 is 1.60 bits per heavy atom. The molecule has 6 rings (SSSR count). The molecule has 0 spiro atoms. The number of aromatic nitrogens is 2. The van der Waals surface area contributed by atoms with Gasteiger partial charge >= 0.3 is 50.5 Å². The number of hydrogen-bond acceptors (Lipinski definition) is 10. The fourth-order valence-corrected chi connectivity index (χ4v) is 7.15. The molecule has 4 aromatic carbocycles. The van der Waals surface area contributed by atoms with Crippen LogP contribution in [0, 0.1) is 29.8 Å². The normalized spacial score (nSPS) is 9.76. The van der Waals surface area contributed by atoms with Gasteiger partial charge in [0.1, 0.15) is 55.0 Å².